The molecule has 0 bridgehead atoms. The summed E-state index contributed by atoms with van der Waals surface area (Å²) in [5.74, 6) is 1.09. The minimum absolute atomic E-state index is 0.225. The van der Waals surface area contributed by atoms with Crippen LogP contribution < -0.4 is 5.48 Å². The van der Waals surface area contributed by atoms with Crippen molar-refractivity contribution in [3.63, 3.8) is 0 Å². The van der Waals surface area contributed by atoms with E-state index in [1.54, 1.807) is 12.0 Å². The number of hydrogen-bond donors (Lipinski definition) is 1. The van der Waals surface area contributed by atoms with E-state index in [-0.39, 0.29) is 12.2 Å². The van der Waals surface area contributed by atoms with Gasteiger partial charge in [-0.15, -0.1) is 0 Å². The minimum Gasteiger partial charge on any atom is -0.370 e. The minimum atomic E-state index is 0.225. The van der Waals surface area contributed by atoms with Crippen molar-refractivity contribution in [1.82, 2.24) is 5.48 Å². The van der Waals surface area contributed by atoms with E-state index in [1.807, 2.05) is 6.92 Å². The smallest absolute Gasteiger partial charge is 0.0944 e. The molecule has 0 aromatic carbocycles. The normalized spacial score (nSPS) is 23.7. The van der Waals surface area contributed by atoms with Crippen molar-refractivity contribution in [1.29, 1.82) is 0 Å². The predicted octanol–water partition coefficient (Wildman–Crippen LogP) is 2.93. The van der Waals surface area contributed by atoms with E-state index < -0.39 is 0 Å². The maximum absolute atomic E-state index is 5.83. The molecule has 1 fully saturated rings. The fourth-order valence-corrected chi connectivity index (χ4v) is 2.56. The fourth-order valence-electron chi connectivity index (χ4n) is 1.87. The SMILES string of the molecule is CCCCCSOCC1CCC(CONCC)O1. The van der Waals surface area contributed by atoms with E-state index in [2.05, 4.69) is 12.4 Å². The summed E-state index contributed by atoms with van der Waals surface area (Å²) in [4.78, 5) is 5.26. The summed E-state index contributed by atoms with van der Waals surface area (Å²) in [6.07, 6.45) is 6.42. The Kier molecular flexibility index (Phi) is 9.98. The monoisotopic (exact) mass is 277 g/mol. The Bertz CT molecular complexity index is 195. The van der Waals surface area contributed by atoms with Gasteiger partial charge in [0.05, 0.1) is 25.4 Å². The first-order valence-corrected chi connectivity index (χ1v) is 8.02. The molecule has 4 nitrogen and oxygen atoms in total. The van der Waals surface area contributed by atoms with Crippen molar-refractivity contribution < 1.29 is 13.8 Å². The van der Waals surface area contributed by atoms with E-state index in [0.29, 0.717) is 13.2 Å². The van der Waals surface area contributed by atoms with Crippen LogP contribution in [0.2, 0.25) is 0 Å². The first kappa shape index (κ1) is 16.2. The highest BCUT2D eigenvalue weighted by Crippen LogP contribution is 2.21. The van der Waals surface area contributed by atoms with Crippen molar-refractivity contribution in [2.75, 3.05) is 25.5 Å². The number of nitrogens with one attached hydrogen (secondary N) is 1. The van der Waals surface area contributed by atoms with Crippen LogP contribution in [0.3, 0.4) is 0 Å². The maximum Gasteiger partial charge on any atom is 0.0944 e. The topological polar surface area (TPSA) is 39.7 Å². The van der Waals surface area contributed by atoms with Gasteiger partial charge < -0.3 is 8.92 Å². The fraction of sp³-hybridized carbons (Fsp3) is 1.00. The zero-order valence-corrected chi connectivity index (χ0v) is 12.5. The molecular weight excluding hydrogens is 250 g/mol. The van der Waals surface area contributed by atoms with Crippen molar-refractivity contribution in [3.8, 4) is 0 Å². The summed E-state index contributed by atoms with van der Waals surface area (Å²) < 4.78 is 11.4. The second-order valence-corrected chi connectivity index (χ2v) is 5.46. The lowest BCUT2D eigenvalue weighted by molar-refractivity contribution is -0.0538. The lowest BCUT2D eigenvalue weighted by atomic mass is 10.2. The zero-order valence-electron chi connectivity index (χ0n) is 11.7. The molecule has 1 saturated heterocycles. The molecule has 0 radical (unpaired) electrons. The summed E-state index contributed by atoms with van der Waals surface area (Å²) in [6.45, 7) is 6.39. The largest absolute Gasteiger partial charge is 0.370 e. The number of ether oxygens (including phenoxy) is 1. The highest BCUT2D eigenvalue weighted by Gasteiger charge is 2.25. The molecule has 2 unspecified atom stereocenters. The van der Waals surface area contributed by atoms with Crippen molar-refractivity contribution in [2.45, 2.75) is 58.2 Å². The Balaban J connectivity index is 1.91. The van der Waals surface area contributed by atoms with Crippen molar-refractivity contribution >= 4 is 12.0 Å². The molecule has 5 heteroatoms. The third kappa shape index (κ3) is 7.59. The van der Waals surface area contributed by atoms with Crippen LogP contribution in [0.15, 0.2) is 0 Å². The third-order valence-electron chi connectivity index (χ3n) is 2.88. The molecule has 0 aromatic heterocycles. The van der Waals surface area contributed by atoms with Gasteiger partial charge in [-0.05, 0) is 31.3 Å². The molecule has 0 spiro atoms. The molecule has 108 valence electrons. The zero-order chi connectivity index (χ0) is 13.1. The molecule has 1 N–H and O–H groups in total. The van der Waals surface area contributed by atoms with Crippen LogP contribution in [0.25, 0.3) is 0 Å². The van der Waals surface area contributed by atoms with Crippen LogP contribution >= 0.6 is 12.0 Å². The lowest BCUT2D eigenvalue weighted by Crippen LogP contribution is -2.24. The van der Waals surface area contributed by atoms with Crippen LogP contribution in [0.4, 0.5) is 0 Å². The Hall–Kier alpha value is 0.190. The van der Waals surface area contributed by atoms with E-state index in [4.69, 9.17) is 13.8 Å². The molecule has 1 rings (SSSR count). The van der Waals surface area contributed by atoms with E-state index in [1.165, 1.54) is 19.3 Å². The van der Waals surface area contributed by atoms with Gasteiger partial charge in [-0.2, -0.15) is 0 Å². The van der Waals surface area contributed by atoms with E-state index in [0.717, 1.165) is 25.1 Å². The number of hydrogen-bond acceptors (Lipinski definition) is 5. The molecule has 1 aliphatic rings. The van der Waals surface area contributed by atoms with Gasteiger partial charge in [0, 0.05) is 12.3 Å². The van der Waals surface area contributed by atoms with E-state index in [9.17, 15) is 0 Å². The molecule has 1 aliphatic heterocycles. The third-order valence-corrected chi connectivity index (χ3v) is 3.64. The van der Waals surface area contributed by atoms with Crippen molar-refractivity contribution in [3.05, 3.63) is 0 Å². The highest BCUT2D eigenvalue weighted by molar-refractivity contribution is 7.94. The molecule has 1 heterocycles. The highest BCUT2D eigenvalue weighted by atomic mass is 32.2. The molecule has 0 saturated carbocycles. The number of hydroxylamine groups is 1. The van der Waals surface area contributed by atoms with Gasteiger partial charge in [-0.25, -0.2) is 5.48 Å². The molecule has 0 aromatic rings. The van der Waals surface area contributed by atoms with E-state index >= 15 is 0 Å². The number of rotatable bonds is 11. The summed E-state index contributed by atoms with van der Waals surface area (Å²) in [7, 11) is 0. The molecule has 0 aliphatic carbocycles. The Morgan fingerprint density at radius 1 is 1.17 bits per heavy atom. The number of unbranched alkanes of at least 4 members (excludes halogenated alkanes) is 2. The quantitative estimate of drug-likeness (QED) is 0.357. The summed E-state index contributed by atoms with van der Waals surface area (Å²) in [5.41, 5.74) is 2.85. The van der Waals surface area contributed by atoms with Crippen LogP contribution in [-0.2, 0) is 13.8 Å². The first-order chi connectivity index (χ1) is 8.86. The average Bonchev–Trinajstić information content (AvgIpc) is 2.82. The van der Waals surface area contributed by atoms with Crippen LogP contribution in [0.1, 0.15) is 46.0 Å². The second kappa shape index (κ2) is 11.1. The summed E-state index contributed by atoms with van der Waals surface area (Å²) >= 11 is 1.58. The predicted molar refractivity (Wildman–Crippen MR) is 75.5 cm³/mol. The van der Waals surface area contributed by atoms with Crippen molar-refractivity contribution in [2.24, 2.45) is 0 Å². The average molecular weight is 277 g/mol. The van der Waals surface area contributed by atoms with Gasteiger partial charge in [-0.3, -0.25) is 4.84 Å². The van der Waals surface area contributed by atoms with Crippen LogP contribution in [0, 0.1) is 0 Å². The molecule has 2 atom stereocenters. The van der Waals surface area contributed by atoms with Crippen LogP contribution in [0.5, 0.6) is 0 Å². The Labute approximate surface area is 115 Å². The van der Waals surface area contributed by atoms with Gasteiger partial charge >= 0.3 is 0 Å². The molecule has 18 heavy (non-hydrogen) atoms. The van der Waals surface area contributed by atoms with Gasteiger partial charge in [0.15, 0.2) is 0 Å². The van der Waals surface area contributed by atoms with Gasteiger partial charge in [0.1, 0.15) is 0 Å². The standard InChI is InChI=1S/C13H27NO3S/c1-3-5-6-9-18-16-11-13-8-7-12(17-13)10-15-14-4-2/h12-14H,3-11H2,1-2H3. The summed E-state index contributed by atoms with van der Waals surface area (Å²) in [6, 6.07) is 0. The molecule has 0 amide bonds. The maximum atomic E-state index is 5.83. The van der Waals surface area contributed by atoms with Crippen LogP contribution in [-0.4, -0.2) is 37.7 Å². The first-order valence-electron chi connectivity index (χ1n) is 7.11. The molecular formula is C13H27NO3S. The Morgan fingerprint density at radius 3 is 2.67 bits per heavy atom. The lowest BCUT2D eigenvalue weighted by Gasteiger charge is -2.13. The van der Waals surface area contributed by atoms with Gasteiger partial charge in [-0.1, -0.05) is 26.7 Å². The van der Waals surface area contributed by atoms with Gasteiger partial charge in [0.25, 0.3) is 0 Å². The Morgan fingerprint density at radius 2 is 1.94 bits per heavy atom. The summed E-state index contributed by atoms with van der Waals surface area (Å²) in [5, 5.41) is 0. The van der Waals surface area contributed by atoms with Gasteiger partial charge in [0.2, 0.25) is 0 Å². The second-order valence-electron chi connectivity index (χ2n) is 4.58.